The second-order valence-corrected chi connectivity index (χ2v) is 5.09. The molecule has 1 N–H and O–H groups in total. The van der Waals surface area contributed by atoms with E-state index < -0.39 is 0 Å². The Morgan fingerprint density at radius 2 is 2.05 bits per heavy atom. The van der Waals surface area contributed by atoms with Crippen LogP contribution in [-0.2, 0) is 16.0 Å². The maximum absolute atomic E-state index is 11.7. The standard InChI is InChI=1S/C14H20N4O2/c1-10-8-11(2)17-12(16-10)5-6-15-13(19)9-18-7-3-4-14(18)20/h8H,3-7,9H2,1-2H3,(H,15,19). The van der Waals surface area contributed by atoms with Gasteiger partial charge in [0.05, 0.1) is 6.54 Å². The topological polar surface area (TPSA) is 75.2 Å². The first-order chi connectivity index (χ1) is 9.54. The Labute approximate surface area is 118 Å². The molecule has 20 heavy (non-hydrogen) atoms. The number of amides is 2. The van der Waals surface area contributed by atoms with E-state index in [0.29, 0.717) is 25.9 Å². The van der Waals surface area contributed by atoms with Crippen molar-refractivity contribution in [2.24, 2.45) is 0 Å². The molecular weight excluding hydrogens is 256 g/mol. The fourth-order valence-corrected chi connectivity index (χ4v) is 2.32. The van der Waals surface area contributed by atoms with Crippen molar-refractivity contribution in [3.8, 4) is 0 Å². The first kappa shape index (κ1) is 14.4. The van der Waals surface area contributed by atoms with Gasteiger partial charge in [-0.3, -0.25) is 9.59 Å². The summed E-state index contributed by atoms with van der Waals surface area (Å²) in [6.07, 6.45) is 2.01. The van der Waals surface area contributed by atoms with Gasteiger partial charge >= 0.3 is 0 Å². The van der Waals surface area contributed by atoms with Gasteiger partial charge in [-0.2, -0.15) is 0 Å². The summed E-state index contributed by atoms with van der Waals surface area (Å²) in [6.45, 7) is 5.19. The fourth-order valence-electron chi connectivity index (χ4n) is 2.32. The lowest BCUT2D eigenvalue weighted by Gasteiger charge is -2.14. The van der Waals surface area contributed by atoms with Crippen LogP contribution in [0, 0.1) is 13.8 Å². The van der Waals surface area contributed by atoms with Crippen LogP contribution in [0.4, 0.5) is 0 Å². The molecule has 1 aliphatic rings. The van der Waals surface area contributed by atoms with Gasteiger partial charge in [0.15, 0.2) is 0 Å². The molecule has 1 aromatic rings. The smallest absolute Gasteiger partial charge is 0.239 e. The molecular formula is C14H20N4O2. The number of carbonyl (C=O) groups is 2. The van der Waals surface area contributed by atoms with Crippen LogP contribution in [0.15, 0.2) is 6.07 Å². The van der Waals surface area contributed by atoms with Crippen molar-refractivity contribution in [1.82, 2.24) is 20.2 Å². The Balaban J connectivity index is 1.75. The third kappa shape index (κ3) is 4.01. The van der Waals surface area contributed by atoms with Crippen LogP contribution in [0.5, 0.6) is 0 Å². The number of aryl methyl sites for hydroxylation is 2. The molecule has 6 heteroatoms. The van der Waals surface area contributed by atoms with E-state index in [9.17, 15) is 9.59 Å². The molecule has 2 amide bonds. The van der Waals surface area contributed by atoms with Crippen LogP contribution in [0.25, 0.3) is 0 Å². The highest BCUT2D eigenvalue weighted by molar-refractivity contribution is 5.85. The predicted molar refractivity (Wildman–Crippen MR) is 74.0 cm³/mol. The number of nitrogens with zero attached hydrogens (tertiary/aromatic N) is 3. The lowest BCUT2D eigenvalue weighted by Crippen LogP contribution is -2.38. The molecule has 0 atom stereocenters. The predicted octanol–water partition coefficient (Wildman–Crippen LogP) is 0.375. The normalized spacial score (nSPS) is 14.7. The van der Waals surface area contributed by atoms with Gasteiger partial charge in [-0.25, -0.2) is 9.97 Å². The summed E-state index contributed by atoms with van der Waals surface area (Å²) in [5.74, 6) is 0.683. The van der Waals surface area contributed by atoms with Crippen molar-refractivity contribution in [3.63, 3.8) is 0 Å². The van der Waals surface area contributed by atoms with Crippen molar-refractivity contribution >= 4 is 11.8 Å². The van der Waals surface area contributed by atoms with Gasteiger partial charge in [0, 0.05) is 37.3 Å². The monoisotopic (exact) mass is 276 g/mol. The van der Waals surface area contributed by atoms with E-state index in [1.54, 1.807) is 4.90 Å². The van der Waals surface area contributed by atoms with Crippen molar-refractivity contribution < 1.29 is 9.59 Å². The number of likely N-dealkylation sites (tertiary alicyclic amines) is 1. The van der Waals surface area contributed by atoms with E-state index in [-0.39, 0.29) is 18.4 Å². The number of hydrogen-bond acceptors (Lipinski definition) is 4. The van der Waals surface area contributed by atoms with E-state index in [1.165, 1.54) is 0 Å². The van der Waals surface area contributed by atoms with Crippen molar-refractivity contribution in [1.29, 1.82) is 0 Å². The Hall–Kier alpha value is -1.98. The number of nitrogens with one attached hydrogen (secondary N) is 1. The minimum atomic E-state index is -0.121. The third-order valence-electron chi connectivity index (χ3n) is 3.21. The molecule has 108 valence electrons. The molecule has 1 aromatic heterocycles. The summed E-state index contributed by atoms with van der Waals surface area (Å²) in [6, 6.07) is 1.92. The molecule has 0 spiro atoms. The van der Waals surface area contributed by atoms with Gasteiger partial charge in [-0.15, -0.1) is 0 Å². The summed E-state index contributed by atoms with van der Waals surface area (Å²) in [5.41, 5.74) is 1.86. The largest absolute Gasteiger partial charge is 0.354 e. The molecule has 6 nitrogen and oxygen atoms in total. The SMILES string of the molecule is Cc1cc(C)nc(CCNC(=O)CN2CCCC2=O)n1. The molecule has 1 aliphatic heterocycles. The van der Waals surface area contributed by atoms with Crippen molar-refractivity contribution in [2.45, 2.75) is 33.1 Å². The van der Waals surface area contributed by atoms with Gasteiger partial charge in [-0.05, 0) is 26.3 Å². The quantitative estimate of drug-likeness (QED) is 0.843. The zero-order valence-electron chi connectivity index (χ0n) is 12.0. The number of hydrogen-bond donors (Lipinski definition) is 1. The van der Waals surface area contributed by atoms with Crippen molar-refractivity contribution in [3.05, 3.63) is 23.3 Å². The van der Waals surface area contributed by atoms with Crippen molar-refractivity contribution in [2.75, 3.05) is 19.6 Å². The van der Waals surface area contributed by atoms with E-state index >= 15 is 0 Å². The summed E-state index contributed by atoms with van der Waals surface area (Å²) in [5, 5.41) is 2.80. The maximum Gasteiger partial charge on any atom is 0.239 e. The average Bonchev–Trinajstić information content (AvgIpc) is 2.73. The molecule has 1 fully saturated rings. The van der Waals surface area contributed by atoms with Crippen LogP contribution in [0.3, 0.4) is 0 Å². The van der Waals surface area contributed by atoms with Crippen LogP contribution in [-0.4, -0.2) is 46.3 Å². The first-order valence-electron chi connectivity index (χ1n) is 6.90. The maximum atomic E-state index is 11.7. The summed E-state index contributed by atoms with van der Waals surface area (Å²) < 4.78 is 0. The first-order valence-corrected chi connectivity index (χ1v) is 6.90. The van der Waals surface area contributed by atoms with E-state index in [1.807, 2.05) is 19.9 Å². The Kier molecular flexibility index (Phi) is 4.65. The van der Waals surface area contributed by atoms with Crippen LogP contribution < -0.4 is 5.32 Å². The molecule has 0 saturated carbocycles. The third-order valence-corrected chi connectivity index (χ3v) is 3.21. The molecule has 0 bridgehead atoms. The van der Waals surface area contributed by atoms with E-state index in [4.69, 9.17) is 0 Å². The molecule has 1 saturated heterocycles. The molecule has 2 rings (SSSR count). The number of aromatic nitrogens is 2. The Bertz CT molecular complexity index is 496. The Morgan fingerprint density at radius 1 is 1.35 bits per heavy atom. The highest BCUT2D eigenvalue weighted by Gasteiger charge is 2.21. The minimum Gasteiger partial charge on any atom is -0.354 e. The highest BCUT2D eigenvalue weighted by Crippen LogP contribution is 2.08. The second kappa shape index (κ2) is 6.45. The van der Waals surface area contributed by atoms with E-state index in [2.05, 4.69) is 15.3 Å². The summed E-state index contributed by atoms with van der Waals surface area (Å²) in [4.78, 5) is 33.4. The van der Waals surface area contributed by atoms with Crippen LogP contribution >= 0.6 is 0 Å². The van der Waals surface area contributed by atoms with E-state index in [0.717, 1.165) is 23.6 Å². The van der Waals surface area contributed by atoms with Crippen LogP contribution in [0.2, 0.25) is 0 Å². The molecule has 0 aromatic carbocycles. The Morgan fingerprint density at radius 3 is 2.65 bits per heavy atom. The minimum absolute atomic E-state index is 0.0674. The zero-order chi connectivity index (χ0) is 14.5. The molecule has 0 aliphatic carbocycles. The van der Waals surface area contributed by atoms with Gasteiger partial charge in [0.25, 0.3) is 0 Å². The van der Waals surface area contributed by atoms with Gasteiger partial charge in [0.1, 0.15) is 5.82 Å². The molecule has 2 heterocycles. The number of rotatable bonds is 5. The number of carbonyl (C=O) groups excluding carboxylic acids is 2. The summed E-state index contributed by atoms with van der Waals surface area (Å²) >= 11 is 0. The van der Waals surface area contributed by atoms with Gasteiger partial charge in [0.2, 0.25) is 11.8 Å². The molecule has 0 unspecified atom stereocenters. The summed E-state index contributed by atoms with van der Waals surface area (Å²) in [7, 11) is 0. The second-order valence-electron chi connectivity index (χ2n) is 5.09. The highest BCUT2D eigenvalue weighted by atomic mass is 16.2. The lowest BCUT2D eigenvalue weighted by molar-refractivity contribution is -0.133. The molecule has 0 radical (unpaired) electrons. The zero-order valence-corrected chi connectivity index (χ0v) is 12.0. The lowest BCUT2D eigenvalue weighted by atomic mass is 10.3. The van der Waals surface area contributed by atoms with Gasteiger partial charge < -0.3 is 10.2 Å². The average molecular weight is 276 g/mol. The van der Waals surface area contributed by atoms with Gasteiger partial charge in [-0.1, -0.05) is 0 Å². The van der Waals surface area contributed by atoms with Crippen LogP contribution in [0.1, 0.15) is 30.1 Å². The fraction of sp³-hybridized carbons (Fsp3) is 0.571.